The Morgan fingerprint density at radius 3 is 2.34 bits per heavy atom. The molecule has 0 atom stereocenters. The molecule has 0 spiro atoms. The summed E-state index contributed by atoms with van der Waals surface area (Å²) in [4.78, 5) is 12.6. The summed E-state index contributed by atoms with van der Waals surface area (Å²) in [5.74, 6) is 1.31. The van der Waals surface area contributed by atoms with E-state index in [0.717, 1.165) is 42.6 Å². The summed E-state index contributed by atoms with van der Waals surface area (Å²) < 4.78 is 38.1. The molecule has 0 aromatic heterocycles. The minimum Gasteiger partial charge on any atom is -0.497 e. The summed E-state index contributed by atoms with van der Waals surface area (Å²) in [5.41, 5.74) is 1.83. The lowest BCUT2D eigenvalue weighted by Crippen LogP contribution is -2.35. The summed E-state index contributed by atoms with van der Waals surface area (Å²) in [6.45, 7) is 1.65. The van der Waals surface area contributed by atoms with Crippen molar-refractivity contribution >= 4 is 15.9 Å². The van der Waals surface area contributed by atoms with Crippen LogP contribution in [0, 0.1) is 0 Å². The lowest BCUT2D eigenvalue weighted by molar-refractivity contribution is -0.121. The van der Waals surface area contributed by atoms with Crippen LogP contribution < -0.4 is 14.8 Å². The van der Waals surface area contributed by atoms with Crippen LogP contribution in [0.3, 0.4) is 0 Å². The van der Waals surface area contributed by atoms with Crippen molar-refractivity contribution in [2.24, 2.45) is 0 Å². The molecule has 1 N–H and O–H groups in total. The molecule has 3 rings (SSSR count). The Kier molecular flexibility index (Phi) is 8.53. The van der Waals surface area contributed by atoms with E-state index < -0.39 is 10.0 Å². The van der Waals surface area contributed by atoms with Gasteiger partial charge in [0.25, 0.3) is 0 Å². The van der Waals surface area contributed by atoms with Crippen LogP contribution in [0.15, 0.2) is 47.4 Å². The van der Waals surface area contributed by atoms with Gasteiger partial charge in [0.15, 0.2) is 0 Å². The summed E-state index contributed by atoms with van der Waals surface area (Å²) in [7, 11) is -0.354. The highest BCUT2D eigenvalue weighted by Gasteiger charge is 2.26. The Hall–Kier alpha value is -2.58. The molecular formula is C24H32N2O5S. The Morgan fingerprint density at radius 1 is 0.969 bits per heavy atom. The molecule has 0 saturated carbocycles. The van der Waals surface area contributed by atoms with Crippen molar-refractivity contribution in [1.82, 2.24) is 9.62 Å². The maximum atomic E-state index is 13.0. The number of nitrogens with one attached hydrogen (secondary N) is 1. The number of piperidine rings is 1. The van der Waals surface area contributed by atoms with E-state index in [0.29, 0.717) is 31.8 Å². The van der Waals surface area contributed by atoms with E-state index in [2.05, 4.69) is 5.32 Å². The van der Waals surface area contributed by atoms with E-state index in [4.69, 9.17) is 9.47 Å². The molecule has 1 aliphatic heterocycles. The third kappa shape index (κ3) is 6.23. The van der Waals surface area contributed by atoms with E-state index in [1.807, 2.05) is 24.3 Å². The number of rotatable bonds is 10. The maximum absolute atomic E-state index is 13.0. The topological polar surface area (TPSA) is 84.9 Å². The highest BCUT2D eigenvalue weighted by molar-refractivity contribution is 7.89. The normalized spacial score (nSPS) is 14.7. The highest BCUT2D eigenvalue weighted by atomic mass is 32.2. The van der Waals surface area contributed by atoms with Gasteiger partial charge in [0.2, 0.25) is 15.9 Å². The third-order valence-electron chi connectivity index (χ3n) is 5.72. The van der Waals surface area contributed by atoms with Crippen molar-refractivity contribution in [2.45, 2.75) is 43.4 Å². The largest absolute Gasteiger partial charge is 0.497 e. The minimum absolute atomic E-state index is 0.0788. The first-order valence-electron chi connectivity index (χ1n) is 11.0. The maximum Gasteiger partial charge on any atom is 0.243 e. The number of methoxy groups -OCH3 is 2. The number of carbonyl (C=O) groups is 1. The van der Waals surface area contributed by atoms with E-state index in [9.17, 15) is 13.2 Å². The van der Waals surface area contributed by atoms with Crippen molar-refractivity contribution in [2.75, 3.05) is 33.9 Å². The number of nitrogens with zero attached hydrogens (tertiary/aromatic N) is 1. The van der Waals surface area contributed by atoms with Gasteiger partial charge in [0.05, 0.1) is 19.1 Å². The quantitative estimate of drug-likeness (QED) is 0.589. The van der Waals surface area contributed by atoms with Crippen molar-refractivity contribution < 1.29 is 22.7 Å². The monoisotopic (exact) mass is 460 g/mol. The molecule has 8 heteroatoms. The summed E-state index contributed by atoms with van der Waals surface area (Å²) in [6, 6.07) is 12.7. The first kappa shape index (κ1) is 24.1. The van der Waals surface area contributed by atoms with Gasteiger partial charge in [-0.1, -0.05) is 18.6 Å². The van der Waals surface area contributed by atoms with Crippen LogP contribution in [-0.4, -0.2) is 52.5 Å². The SMILES string of the molecule is COc1ccc(CCNC(=O)CCc2cc(S(=O)(=O)N3CCCCC3)ccc2OC)cc1. The predicted molar refractivity (Wildman–Crippen MR) is 124 cm³/mol. The number of carbonyl (C=O) groups excluding carboxylic acids is 1. The zero-order valence-corrected chi connectivity index (χ0v) is 19.6. The molecule has 1 aliphatic rings. The fraction of sp³-hybridized carbons (Fsp3) is 0.458. The smallest absolute Gasteiger partial charge is 0.243 e. The molecule has 2 aromatic carbocycles. The molecule has 2 aromatic rings. The van der Waals surface area contributed by atoms with Gasteiger partial charge < -0.3 is 14.8 Å². The van der Waals surface area contributed by atoms with E-state index >= 15 is 0 Å². The number of ether oxygens (including phenoxy) is 2. The number of amides is 1. The van der Waals surface area contributed by atoms with Gasteiger partial charge in [0, 0.05) is 26.1 Å². The molecule has 174 valence electrons. The molecule has 1 fully saturated rings. The van der Waals surface area contributed by atoms with Gasteiger partial charge >= 0.3 is 0 Å². The molecular weight excluding hydrogens is 428 g/mol. The Bertz CT molecular complexity index is 1000. The van der Waals surface area contributed by atoms with Crippen LogP contribution in [0.1, 0.15) is 36.8 Å². The average molecular weight is 461 g/mol. The number of benzene rings is 2. The second kappa shape index (κ2) is 11.3. The molecule has 0 unspecified atom stereocenters. The van der Waals surface area contributed by atoms with Crippen molar-refractivity contribution in [3.63, 3.8) is 0 Å². The lowest BCUT2D eigenvalue weighted by Gasteiger charge is -2.26. The zero-order chi connectivity index (χ0) is 23.0. The van der Waals surface area contributed by atoms with Gasteiger partial charge in [-0.2, -0.15) is 4.31 Å². The second-order valence-electron chi connectivity index (χ2n) is 7.89. The second-order valence-corrected chi connectivity index (χ2v) is 9.82. The summed E-state index contributed by atoms with van der Waals surface area (Å²) in [5, 5.41) is 2.93. The number of hydrogen-bond donors (Lipinski definition) is 1. The molecule has 0 aliphatic carbocycles. The summed E-state index contributed by atoms with van der Waals surface area (Å²) in [6.07, 6.45) is 4.22. The number of sulfonamides is 1. The first-order valence-corrected chi connectivity index (χ1v) is 12.4. The fourth-order valence-electron chi connectivity index (χ4n) is 3.84. The standard InChI is InChI=1S/C24H32N2O5S/c1-30-21-9-6-19(7-10-21)14-15-25-24(27)13-8-20-18-22(11-12-23(20)31-2)32(28,29)26-16-4-3-5-17-26/h6-7,9-12,18H,3-5,8,13-17H2,1-2H3,(H,25,27). The van der Waals surface area contributed by atoms with Crippen LogP contribution in [0.5, 0.6) is 11.5 Å². The third-order valence-corrected chi connectivity index (χ3v) is 7.62. The van der Waals surface area contributed by atoms with Gasteiger partial charge in [-0.3, -0.25) is 4.79 Å². The van der Waals surface area contributed by atoms with Crippen LogP contribution in [0.2, 0.25) is 0 Å². The fourth-order valence-corrected chi connectivity index (χ4v) is 5.41. The molecule has 32 heavy (non-hydrogen) atoms. The van der Waals surface area contributed by atoms with Crippen LogP contribution in [0.4, 0.5) is 0 Å². The molecule has 1 saturated heterocycles. The number of hydrogen-bond acceptors (Lipinski definition) is 5. The Labute approximate surface area is 190 Å². The Balaban J connectivity index is 1.57. The molecule has 1 amide bonds. The van der Waals surface area contributed by atoms with Crippen LogP contribution >= 0.6 is 0 Å². The van der Waals surface area contributed by atoms with Crippen LogP contribution in [0.25, 0.3) is 0 Å². The average Bonchev–Trinajstić information content (AvgIpc) is 2.83. The van der Waals surface area contributed by atoms with Gasteiger partial charge in [0.1, 0.15) is 11.5 Å². The van der Waals surface area contributed by atoms with Crippen LogP contribution in [-0.2, 0) is 27.7 Å². The number of aryl methyl sites for hydroxylation is 1. The van der Waals surface area contributed by atoms with E-state index in [1.54, 1.807) is 36.7 Å². The van der Waals surface area contributed by atoms with E-state index in [1.165, 1.54) is 0 Å². The van der Waals surface area contributed by atoms with Gasteiger partial charge in [-0.05, 0) is 67.1 Å². The molecule has 1 heterocycles. The van der Waals surface area contributed by atoms with Gasteiger partial charge in [-0.25, -0.2) is 8.42 Å². The molecule has 0 bridgehead atoms. The summed E-state index contributed by atoms with van der Waals surface area (Å²) >= 11 is 0. The zero-order valence-electron chi connectivity index (χ0n) is 18.8. The van der Waals surface area contributed by atoms with Crippen molar-refractivity contribution in [3.8, 4) is 11.5 Å². The molecule has 7 nitrogen and oxygen atoms in total. The van der Waals surface area contributed by atoms with Crippen molar-refractivity contribution in [3.05, 3.63) is 53.6 Å². The predicted octanol–water partition coefficient (Wildman–Crippen LogP) is 3.17. The minimum atomic E-state index is -3.53. The Morgan fingerprint density at radius 2 is 1.69 bits per heavy atom. The first-order chi connectivity index (χ1) is 15.4. The highest BCUT2D eigenvalue weighted by Crippen LogP contribution is 2.27. The molecule has 0 radical (unpaired) electrons. The van der Waals surface area contributed by atoms with Crippen molar-refractivity contribution in [1.29, 1.82) is 0 Å². The lowest BCUT2D eigenvalue weighted by atomic mass is 10.1. The van der Waals surface area contributed by atoms with Gasteiger partial charge in [-0.15, -0.1) is 0 Å². The van der Waals surface area contributed by atoms with E-state index in [-0.39, 0.29) is 17.2 Å².